The van der Waals surface area contributed by atoms with Crippen LogP contribution in [-0.2, 0) is 13.0 Å². The maximum atomic E-state index is 12.9. The highest BCUT2D eigenvalue weighted by atomic mass is 16.2. The van der Waals surface area contributed by atoms with Crippen LogP contribution in [0.3, 0.4) is 0 Å². The van der Waals surface area contributed by atoms with Crippen molar-refractivity contribution in [1.29, 1.82) is 0 Å². The van der Waals surface area contributed by atoms with Gasteiger partial charge in [0.2, 0.25) is 0 Å². The number of rotatable bonds is 3. The Morgan fingerprint density at radius 1 is 1.00 bits per heavy atom. The minimum Gasteiger partial charge on any atom is -0.340 e. The first-order valence-electron chi connectivity index (χ1n) is 9.12. The molecule has 0 unspecified atom stereocenters. The lowest BCUT2D eigenvalue weighted by Gasteiger charge is -2.28. The van der Waals surface area contributed by atoms with E-state index >= 15 is 0 Å². The number of aromatic nitrogens is 2. The molecule has 0 bridgehead atoms. The van der Waals surface area contributed by atoms with E-state index in [1.807, 2.05) is 23.1 Å². The zero-order valence-corrected chi connectivity index (χ0v) is 15.6. The third-order valence-corrected chi connectivity index (χ3v) is 5.08. The fourth-order valence-corrected chi connectivity index (χ4v) is 3.34. The van der Waals surface area contributed by atoms with Crippen LogP contribution in [0.25, 0.3) is 0 Å². The predicted octanol–water partition coefficient (Wildman–Crippen LogP) is 4.04. The van der Waals surface area contributed by atoms with Crippen molar-refractivity contribution in [2.45, 2.75) is 26.8 Å². The molecule has 4 rings (SSSR count). The van der Waals surface area contributed by atoms with Gasteiger partial charge in [0.15, 0.2) is 0 Å². The third kappa shape index (κ3) is 3.67. The minimum atomic E-state index is -0.0601. The van der Waals surface area contributed by atoms with Gasteiger partial charge in [0, 0.05) is 24.8 Å². The second-order valence-electron chi connectivity index (χ2n) is 6.96. The Hall–Kier alpha value is -3.21. The second-order valence-corrected chi connectivity index (χ2v) is 6.96. The number of hydrogen-bond acceptors (Lipinski definition) is 4. The van der Waals surface area contributed by atoms with E-state index in [2.05, 4.69) is 53.4 Å². The lowest BCUT2D eigenvalue weighted by Crippen LogP contribution is -2.36. The van der Waals surface area contributed by atoms with E-state index in [4.69, 9.17) is 0 Å². The van der Waals surface area contributed by atoms with Crippen molar-refractivity contribution in [3.8, 4) is 0 Å². The van der Waals surface area contributed by atoms with E-state index in [1.165, 1.54) is 28.6 Å². The number of nitrogens with one attached hydrogen (secondary N) is 1. The lowest BCUT2D eigenvalue weighted by molar-refractivity contribution is 0.0728. The first kappa shape index (κ1) is 17.2. The molecule has 1 amide bonds. The SMILES string of the molecule is Cc1ccc(Nc2cc(C(=O)N3CCc4ccccc4C3)ncn2)cc1C. The average Bonchev–Trinajstić information content (AvgIpc) is 2.70. The molecule has 1 aromatic heterocycles. The lowest BCUT2D eigenvalue weighted by atomic mass is 10.00. The van der Waals surface area contributed by atoms with Crippen LogP contribution in [0.2, 0.25) is 0 Å². The van der Waals surface area contributed by atoms with Crippen LogP contribution >= 0.6 is 0 Å². The van der Waals surface area contributed by atoms with Crippen LogP contribution in [0, 0.1) is 13.8 Å². The van der Waals surface area contributed by atoms with Crippen LogP contribution in [0.1, 0.15) is 32.7 Å². The molecule has 0 radical (unpaired) electrons. The fourth-order valence-electron chi connectivity index (χ4n) is 3.34. The summed E-state index contributed by atoms with van der Waals surface area (Å²) in [4.78, 5) is 23.2. The van der Waals surface area contributed by atoms with Crippen LogP contribution in [0.15, 0.2) is 54.9 Å². The molecule has 1 aliphatic rings. The molecule has 5 nitrogen and oxygen atoms in total. The zero-order chi connectivity index (χ0) is 18.8. The summed E-state index contributed by atoms with van der Waals surface area (Å²) >= 11 is 0. The van der Waals surface area contributed by atoms with Gasteiger partial charge >= 0.3 is 0 Å². The molecule has 0 fully saturated rings. The van der Waals surface area contributed by atoms with E-state index in [0.29, 0.717) is 24.6 Å². The Kier molecular flexibility index (Phi) is 4.59. The highest BCUT2D eigenvalue weighted by molar-refractivity contribution is 5.93. The normalized spacial score (nSPS) is 13.2. The standard InChI is InChI=1S/C22H22N4O/c1-15-7-8-19(11-16(15)2)25-21-12-20(23-14-24-21)22(27)26-10-9-17-5-3-4-6-18(17)13-26/h3-8,11-12,14H,9-10,13H2,1-2H3,(H,23,24,25). The highest BCUT2D eigenvalue weighted by Crippen LogP contribution is 2.22. The third-order valence-electron chi connectivity index (χ3n) is 5.08. The molecular weight excluding hydrogens is 336 g/mol. The summed E-state index contributed by atoms with van der Waals surface area (Å²) < 4.78 is 0. The Morgan fingerprint density at radius 2 is 1.81 bits per heavy atom. The molecule has 27 heavy (non-hydrogen) atoms. The molecule has 0 aliphatic carbocycles. The van der Waals surface area contributed by atoms with Crippen molar-refractivity contribution in [3.63, 3.8) is 0 Å². The fraction of sp³-hybridized carbons (Fsp3) is 0.227. The van der Waals surface area contributed by atoms with Gasteiger partial charge in [0.05, 0.1) is 0 Å². The highest BCUT2D eigenvalue weighted by Gasteiger charge is 2.22. The van der Waals surface area contributed by atoms with E-state index in [9.17, 15) is 4.79 Å². The number of amides is 1. The summed E-state index contributed by atoms with van der Waals surface area (Å²) in [5, 5.41) is 3.26. The van der Waals surface area contributed by atoms with Gasteiger partial charge < -0.3 is 10.2 Å². The average molecular weight is 358 g/mol. The Bertz CT molecular complexity index is 999. The Labute approximate surface area is 159 Å². The van der Waals surface area contributed by atoms with E-state index in [0.717, 1.165) is 12.1 Å². The topological polar surface area (TPSA) is 58.1 Å². The molecule has 2 aromatic carbocycles. The monoisotopic (exact) mass is 358 g/mol. The molecule has 5 heteroatoms. The number of hydrogen-bond donors (Lipinski definition) is 1. The summed E-state index contributed by atoms with van der Waals surface area (Å²) in [6.07, 6.45) is 2.31. The number of fused-ring (bicyclic) bond motifs is 1. The van der Waals surface area contributed by atoms with E-state index < -0.39 is 0 Å². The van der Waals surface area contributed by atoms with Crippen molar-refractivity contribution in [3.05, 3.63) is 82.8 Å². The molecule has 1 aliphatic heterocycles. The number of benzene rings is 2. The molecule has 2 heterocycles. The maximum absolute atomic E-state index is 12.9. The number of carbonyl (C=O) groups excluding carboxylic acids is 1. The molecule has 0 saturated heterocycles. The van der Waals surface area contributed by atoms with Crippen LogP contribution < -0.4 is 5.32 Å². The first-order valence-corrected chi connectivity index (χ1v) is 9.12. The van der Waals surface area contributed by atoms with Gasteiger partial charge in [0.1, 0.15) is 17.8 Å². The summed E-state index contributed by atoms with van der Waals surface area (Å²) in [5.41, 5.74) is 6.33. The van der Waals surface area contributed by atoms with Crippen molar-refractivity contribution in [2.24, 2.45) is 0 Å². The number of nitrogens with zero attached hydrogens (tertiary/aromatic N) is 3. The molecule has 0 spiro atoms. The number of carbonyl (C=O) groups is 1. The molecule has 136 valence electrons. The van der Waals surface area contributed by atoms with Gasteiger partial charge in [-0.15, -0.1) is 0 Å². The van der Waals surface area contributed by atoms with Gasteiger partial charge in [-0.05, 0) is 54.7 Å². The molecular formula is C22H22N4O. The summed E-state index contributed by atoms with van der Waals surface area (Å²) in [6.45, 7) is 5.49. The van der Waals surface area contributed by atoms with Gasteiger partial charge in [-0.2, -0.15) is 0 Å². The van der Waals surface area contributed by atoms with E-state index in [-0.39, 0.29) is 5.91 Å². The predicted molar refractivity (Wildman–Crippen MR) is 106 cm³/mol. The van der Waals surface area contributed by atoms with Gasteiger partial charge in [-0.25, -0.2) is 9.97 Å². The minimum absolute atomic E-state index is 0.0601. The van der Waals surface area contributed by atoms with Crippen molar-refractivity contribution < 1.29 is 4.79 Å². The zero-order valence-electron chi connectivity index (χ0n) is 15.6. The van der Waals surface area contributed by atoms with Crippen LogP contribution in [0.4, 0.5) is 11.5 Å². The quantitative estimate of drug-likeness (QED) is 0.768. The van der Waals surface area contributed by atoms with Gasteiger partial charge in [0.25, 0.3) is 5.91 Å². The largest absolute Gasteiger partial charge is 0.340 e. The van der Waals surface area contributed by atoms with E-state index in [1.54, 1.807) is 6.07 Å². The van der Waals surface area contributed by atoms with Gasteiger partial charge in [-0.1, -0.05) is 30.3 Å². The summed E-state index contributed by atoms with van der Waals surface area (Å²) in [5.74, 6) is 0.559. The maximum Gasteiger partial charge on any atom is 0.272 e. The molecule has 0 saturated carbocycles. The number of aryl methyl sites for hydroxylation is 2. The summed E-state index contributed by atoms with van der Waals surface area (Å²) in [7, 11) is 0. The molecule has 1 N–H and O–H groups in total. The second kappa shape index (κ2) is 7.19. The van der Waals surface area contributed by atoms with Crippen molar-refractivity contribution >= 4 is 17.4 Å². The summed E-state index contributed by atoms with van der Waals surface area (Å²) in [6, 6.07) is 16.1. The van der Waals surface area contributed by atoms with Gasteiger partial charge in [-0.3, -0.25) is 4.79 Å². The van der Waals surface area contributed by atoms with Crippen molar-refractivity contribution in [2.75, 3.05) is 11.9 Å². The molecule has 0 atom stereocenters. The smallest absolute Gasteiger partial charge is 0.272 e. The number of anilines is 2. The van der Waals surface area contributed by atoms with Crippen LogP contribution in [0.5, 0.6) is 0 Å². The Morgan fingerprint density at radius 3 is 2.63 bits per heavy atom. The first-order chi connectivity index (χ1) is 13.1. The van der Waals surface area contributed by atoms with Crippen LogP contribution in [-0.4, -0.2) is 27.3 Å². The Balaban J connectivity index is 1.52. The van der Waals surface area contributed by atoms with Crippen molar-refractivity contribution in [1.82, 2.24) is 14.9 Å². The molecule has 3 aromatic rings.